The van der Waals surface area contributed by atoms with Gasteiger partial charge in [0.1, 0.15) is 10.3 Å². The van der Waals surface area contributed by atoms with E-state index in [1.54, 1.807) is 19.2 Å². The molecule has 2 heterocycles. The van der Waals surface area contributed by atoms with Crippen LogP contribution < -0.4 is 0 Å². The van der Waals surface area contributed by atoms with Gasteiger partial charge in [-0.15, -0.1) is 0 Å². The molecule has 0 unspecified atom stereocenters. The Bertz CT molecular complexity index is 516. The molecule has 72 valence electrons. The zero-order chi connectivity index (χ0) is 10.3. The number of fused-ring (bicyclic) bond motifs is 1. The van der Waals surface area contributed by atoms with Gasteiger partial charge in [-0.25, -0.2) is 4.98 Å². The zero-order valence-electron chi connectivity index (χ0n) is 7.91. The highest BCUT2D eigenvalue weighted by molar-refractivity contribution is 9.10. The Labute approximate surface area is 89.9 Å². The summed E-state index contributed by atoms with van der Waals surface area (Å²) in [5, 5.41) is 0. The lowest BCUT2D eigenvalue weighted by molar-refractivity contribution is 0.101. The van der Waals surface area contributed by atoms with Gasteiger partial charge in [0, 0.05) is 11.8 Å². The molecule has 4 heteroatoms. The van der Waals surface area contributed by atoms with Crippen LogP contribution >= 0.6 is 15.9 Å². The van der Waals surface area contributed by atoms with Gasteiger partial charge in [-0.3, -0.25) is 9.20 Å². The Balaban J connectivity index is 2.76. The highest BCUT2D eigenvalue weighted by atomic mass is 79.9. The minimum absolute atomic E-state index is 0.0603. The molecule has 0 aliphatic rings. The molecular weight excluding hydrogens is 244 g/mol. The number of pyridine rings is 1. The number of halogens is 1. The van der Waals surface area contributed by atoms with E-state index in [-0.39, 0.29) is 5.78 Å². The van der Waals surface area contributed by atoms with Crippen LogP contribution in [0.15, 0.2) is 22.9 Å². The average Bonchev–Trinajstić information content (AvgIpc) is 2.43. The van der Waals surface area contributed by atoms with Gasteiger partial charge < -0.3 is 0 Å². The highest BCUT2D eigenvalue weighted by Gasteiger charge is 2.07. The first kappa shape index (κ1) is 9.40. The van der Waals surface area contributed by atoms with Crippen LogP contribution in [0.25, 0.3) is 5.65 Å². The summed E-state index contributed by atoms with van der Waals surface area (Å²) in [4.78, 5) is 15.5. The van der Waals surface area contributed by atoms with Crippen LogP contribution in [-0.2, 0) is 0 Å². The van der Waals surface area contributed by atoms with Gasteiger partial charge in [0.05, 0.1) is 5.69 Å². The molecule has 0 saturated heterocycles. The molecule has 2 aromatic rings. The van der Waals surface area contributed by atoms with E-state index in [1.807, 2.05) is 17.4 Å². The van der Waals surface area contributed by atoms with Gasteiger partial charge in [-0.05, 0) is 41.9 Å². The lowest BCUT2D eigenvalue weighted by Gasteiger charge is -1.98. The van der Waals surface area contributed by atoms with Crippen LogP contribution in [0.3, 0.4) is 0 Å². The molecule has 0 N–H and O–H groups in total. The fraction of sp³-hybridized carbons (Fsp3) is 0.200. The van der Waals surface area contributed by atoms with Crippen molar-refractivity contribution in [2.75, 3.05) is 0 Å². The lowest BCUT2D eigenvalue weighted by Crippen LogP contribution is -1.95. The molecule has 2 rings (SSSR count). The molecule has 14 heavy (non-hydrogen) atoms. The second-order valence-corrected chi connectivity index (χ2v) is 3.94. The fourth-order valence-corrected chi connectivity index (χ4v) is 1.71. The topological polar surface area (TPSA) is 34.4 Å². The number of aromatic nitrogens is 2. The summed E-state index contributed by atoms with van der Waals surface area (Å²) < 4.78 is 2.77. The lowest BCUT2D eigenvalue weighted by atomic mass is 10.2. The molecule has 0 amide bonds. The number of nitrogens with zero attached hydrogens (tertiary/aromatic N) is 2. The van der Waals surface area contributed by atoms with Crippen molar-refractivity contribution >= 4 is 27.4 Å². The zero-order valence-corrected chi connectivity index (χ0v) is 9.50. The Morgan fingerprint density at radius 1 is 1.50 bits per heavy atom. The molecular formula is C10H9BrN2O. The predicted molar refractivity (Wildman–Crippen MR) is 57.6 cm³/mol. The molecule has 0 saturated carbocycles. The second kappa shape index (κ2) is 3.20. The first-order valence-corrected chi connectivity index (χ1v) is 5.04. The molecule has 0 bridgehead atoms. The molecule has 2 aromatic heterocycles. The van der Waals surface area contributed by atoms with Crippen molar-refractivity contribution in [3.63, 3.8) is 0 Å². The van der Waals surface area contributed by atoms with E-state index in [9.17, 15) is 4.79 Å². The maximum absolute atomic E-state index is 11.2. The summed E-state index contributed by atoms with van der Waals surface area (Å²) in [6.07, 6.45) is 1.79. The number of hydrogen-bond donors (Lipinski definition) is 0. The smallest absolute Gasteiger partial charge is 0.161 e. The molecule has 0 aliphatic carbocycles. The van der Waals surface area contributed by atoms with Gasteiger partial charge >= 0.3 is 0 Å². The largest absolute Gasteiger partial charge is 0.294 e. The van der Waals surface area contributed by atoms with Crippen LogP contribution in [-0.4, -0.2) is 15.2 Å². The van der Waals surface area contributed by atoms with Crippen LogP contribution in [0.2, 0.25) is 0 Å². The summed E-state index contributed by atoms with van der Waals surface area (Å²) in [5.41, 5.74) is 2.46. The van der Waals surface area contributed by atoms with Gasteiger partial charge in [0.15, 0.2) is 5.78 Å². The molecule has 0 radical (unpaired) electrons. The molecule has 0 aromatic carbocycles. The van der Waals surface area contributed by atoms with Gasteiger partial charge in [-0.1, -0.05) is 0 Å². The number of Topliss-reactive ketones (excluding diaryl/α,β-unsaturated/α-hetero) is 1. The Morgan fingerprint density at radius 2 is 2.21 bits per heavy atom. The number of carbonyl (C=O) groups excluding carboxylic acids is 1. The Morgan fingerprint density at radius 3 is 2.86 bits per heavy atom. The van der Waals surface area contributed by atoms with E-state index in [2.05, 4.69) is 20.9 Å². The summed E-state index contributed by atoms with van der Waals surface area (Å²) in [6.45, 7) is 3.48. The maximum Gasteiger partial charge on any atom is 0.161 e. The van der Waals surface area contributed by atoms with Gasteiger partial charge in [0.2, 0.25) is 0 Å². The molecule has 0 atom stereocenters. The molecule has 0 fully saturated rings. The third-order valence-electron chi connectivity index (χ3n) is 2.13. The van der Waals surface area contributed by atoms with Crippen molar-refractivity contribution in [2.24, 2.45) is 0 Å². The summed E-state index contributed by atoms with van der Waals surface area (Å²) in [6, 6.07) is 3.63. The number of hydrogen-bond acceptors (Lipinski definition) is 2. The quantitative estimate of drug-likeness (QED) is 0.732. The maximum atomic E-state index is 11.2. The first-order valence-electron chi connectivity index (χ1n) is 4.25. The molecule has 3 nitrogen and oxygen atoms in total. The predicted octanol–water partition coefficient (Wildman–Crippen LogP) is 2.61. The third-order valence-corrected chi connectivity index (χ3v) is 3.08. The Hall–Kier alpha value is -1.16. The van der Waals surface area contributed by atoms with Crippen molar-refractivity contribution in [3.8, 4) is 0 Å². The molecule has 0 spiro atoms. The monoisotopic (exact) mass is 252 g/mol. The number of carbonyl (C=O) groups is 1. The van der Waals surface area contributed by atoms with E-state index >= 15 is 0 Å². The van der Waals surface area contributed by atoms with Crippen molar-refractivity contribution in [2.45, 2.75) is 13.8 Å². The molecule has 0 aliphatic heterocycles. The van der Waals surface area contributed by atoms with E-state index in [4.69, 9.17) is 0 Å². The van der Waals surface area contributed by atoms with Crippen molar-refractivity contribution in [1.82, 2.24) is 9.38 Å². The van der Waals surface area contributed by atoms with E-state index < -0.39 is 0 Å². The minimum atomic E-state index is 0.0603. The SMILES string of the molecule is CC(=O)c1ccc2nc(C)c(Br)n2c1. The number of imidazole rings is 1. The summed E-state index contributed by atoms with van der Waals surface area (Å²) in [7, 11) is 0. The number of rotatable bonds is 1. The normalized spacial score (nSPS) is 10.8. The van der Waals surface area contributed by atoms with Crippen LogP contribution in [0.1, 0.15) is 23.0 Å². The number of aryl methyl sites for hydroxylation is 1. The van der Waals surface area contributed by atoms with Crippen LogP contribution in [0.4, 0.5) is 0 Å². The van der Waals surface area contributed by atoms with Crippen molar-refractivity contribution < 1.29 is 4.79 Å². The van der Waals surface area contributed by atoms with Crippen LogP contribution in [0.5, 0.6) is 0 Å². The summed E-state index contributed by atoms with van der Waals surface area (Å²) >= 11 is 3.42. The van der Waals surface area contributed by atoms with Gasteiger partial charge in [-0.2, -0.15) is 0 Å². The fourth-order valence-electron chi connectivity index (χ4n) is 1.34. The second-order valence-electron chi connectivity index (χ2n) is 3.19. The van der Waals surface area contributed by atoms with Crippen LogP contribution in [0, 0.1) is 6.92 Å². The highest BCUT2D eigenvalue weighted by Crippen LogP contribution is 2.18. The van der Waals surface area contributed by atoms with Crippen molar-refractivity contribution in [1.29, 1.82) is 0 Å². The van der Waals surface area contributed by atoms with E-state index in [0.29, 0.717) is 5.56 Å². The number of ketones is 1. The average molecular weight is 253 g/mol. The Kier molecular flexibility index (Phi) is 2.15. The first-order chi connectivity index (χ1) is 6.59. The van der Waals surface area contributed by atoms with E-state index in [0.717, 1.165) is 15.9 Å². The summed E-state index contributed by atoms with van der Waals surface area (Å²) in [5.74, 6) is 0.0603. The van der Waals surface area contributed by atoms with E-state index in [1.165, 1.54) is 0 Å². The minimum Gasteiger partial charge on any atom is -0.294 e. The third kappa shape index (κ3) is 1.35. The van der Waals surface area contributed by atoms with Gasteiger partial charge in [0.25, 0.3) is 0 Å². The standard InChI is InChI=1S/C10H9BrN2O/c1-6-10(11)13-5-8(7(2)14)3-4-9(13)12-6/h3-5H,1-2H3. The van der Waals surface area contributed by atoms with Crippen molar-refractivity contribution in [3.05, 3.63) is 34.2 Å².